The van der Waals surface area contributed by atoms with E-state index < -0.39 is 22.2 Å². The van der Waals surface area contributed by atoms with Crippen LogP contribution < -0.4 is 15.6 Å². The molecule has 4 aromatic rings. The Morgan fingerprint density at radius 1 is 1.20 bits per heavy atom. The number of hydrogen-bond donors (Lipinski definition) is 1. The zero-order valence-electron chi connectivity index (χ0n) is 18.5. The van der Waals surface area contributed by atoms with Gasteiger partial charge in [-0.25, -0.2) is 14.4 Å². The summed E-state index contributed by atoms with van der Waals surface area (Å²) in [5, 5.41) is 14.9. The molecule has 1 aliphatic heterocycles. The Labute approximate surface area is 197 Å². The quantitative estimate of drug-likeness (QED) is 0.261. The highest BCUT2D eigenvalue weighted by Gasteiger charge is 2.27. The van der Waals surface area contributed by atoms with Crippen molar-refractivity contribution in [3.05, 3.63) is 86.7 Å². The minimum Gasteiger partial charge on any atom is -0.494 e. The van der Waals surface area contributed by atoms with Crippen LogP contribution in [0.1, 0.15) is 24.7 Å². The fraction of sp³-hybridized carbons (Fsp3) is 0.208. The van der Waals surface area contributed by atoms with E-state index in [-0.39, 0.29) is 45.2 Å². The third-order valence-electron chi connectivity index (χ3n) is 6.00. The van der Waals surface area contributed by atoms with Gasteiger partial charge in [0.15, 0.2) is 11.6 Å². The molecule has 9 nitrogen and oxygen atoms in total. The van der Waals surface area contributed by atoms with Gasteiger partial charge in [-0.1, -0.05) is 0 Å². The first kappa shape index (κ1) is 22.5. The van der Waals surface area contributed by atoms with Crippen LogP contribution in [-0.4, -0.2) is 33.1 Å². The maximum atomic E-state index is 14.6. The van der Waals surface area contributed by atoms with Crippen molar-refractivity contribution in [2.24, 2.45) is 0 Å². The predicted octanol–water partition coefficient (Wildman–Crippen LogP) is 4.07. The molecule has 35 heavy (non-hydrogen) atoms. The van der Waals surface area contributed by atoms with Crippen LogP contribution in [0.4, 0.5) is 14.5 Å². The van der Waals surface area contributed by atoms with Gasteiger partial charge in [-0.05, 0) is 43.1 Å². The molecule has 0 radical (unpaired) electrons. The molecule has 2 aromatic heterocycles. The van der Waals surface area contributed by atoms with E-state index in [4.69, 9.17) is 9.72 Å². The monoisotopic (exact) mass is 479 g/mol. The van der Waals surface area contributed by atoms with Gasteiger partial charge < -0.3 is 10.1 Å². The van der Waals surface area contributed by atoms with Crippen LogP contribution in [0.5, 0.6) is 5.75 Å². The number of methoxy groups -OCH3 is 1. The fourth-order valence-electron chi connectivity index (χ4n) is 4.37. The minimum atomic E-state index is -0.776. The number of rotatable bonds is 5. The number of aromatic nitrogens is 3. The number of fused-ring (bicyclic) bond motifs is 1. The average molecular weight is 479 g/mol. The SMILES string of the molecule is COc1ccc(-n2c([C@H]3CCCN3)nc3c(-c4ccnc(F)c4)cc([N+](=O)[O-])cc3c2=O)cc1F. The van der Waals surface area contributed by atoms with Crippen molar-refractivity contribution in [3.8, 4) is 22.6 Å². The van der Waals surface area contributed by atoms with E-state index in [1.54, 1.807) is 0 Å². The van der Waals surface area contributed by atoms with Crippen LogP contribution in [0.3, 0.4) is 0 Å². The molecule has 1 N–H and O–H groups in total. The maximum absolute atomic E-state index is 14.6. The van der Waals surface area contributed by atoms with Crippen LogP contribution in [0.25, 0.3) is 27.7 Å². The third-order valence-corrected chi connectivity index (χ3v) is 6.00. The fourth-order valence-corrected chi connectivity index (χ4v) is 4.37. The Balaban J connectivity index is 1.88. The van der Waals surface area contributed by atoms with Gasteiger partial charge in [-0.3, -0.25) is 19.5 Å². The van der Waals surface area contributed by atoms with E-state index in [0.717, 1.165) is 24.6 Å². The molecule has 0 amide bonds. The number of benzene rings is 2. The van der Waals surface area contributed by atoms with Crippen LogP contribution in [0.15, 0.2) is 53.5 Å². The molecule has 11 heteroatoms. The zero-order chi connectivity index (χ0) is 24.7. The largest absolute Gasteiger partial charge is 0.494 e. The van der Waals surface area contributed by atoms with Gasteiger partial charge >= 0.3 is 0 Å². The van der Waals surface area contributed by atoms with Crippen molar-refractivity contribution >= 4 is 16.6 Å². The van der Waals surface area contributed by atoms with Crippen molar-refractivity contribution in [1.29, 1.82) is 0 Å². The number of pyridine rings is 1. The topological polar surface area (TPSA) is 112 Å². The maximum Gasteiger partial charge on any atom is 0.271 e. The van der Waals surface area contributed by atoms with Gasteiger partial charge in [0.05, 0.1) is 34.7 Å². The zero-order valence-corrected chi connectivity index (χ0v) is 18.5. The van der Waals surface area contributed by atoms with Gasteiger partial charge in [0.2, 0.25) is 5.95 Å². The molecule has 1 saturated heterocycles. The smallest absolute Gasteiger partial charge is 0.271 e. The summed E-state index contributed by atoms with van der Waals surface area (Å²) < 4.78 is 34.7. The van der Waals surface area contributed by atoms with E-state index in [1.165, 1.54) is 42.1 Å². The van der Waals surface area contributed by atoms with Crippen molar-refractivity contribution < 1.29 is 18.4 Å². The summed E-state index contributed by atoms with van der Waals surface area (Å²) in [5.41, 5.74) is -0.0725. The van der Waals surface area contributed by atoms with Crippen molar-refractivity contribution in [2.45, 2.75) is 18.9 Å². The molecule has 0 saturated carbocycles. The van der Waals surface area contributed by atoms with Crippen molar-refractivity contribution in [1.82, 2.24) is 19.9 Å². The summed E-state index contributed by atoms with van der Waals surface area (Å²) in [5.74, 6) is -1.11. The molecule has 178 valence electrons. The summed E-state index contributed by atoms with van der Waals surface area (Å²) in [4.78, 5) is 33.2. The second kappa shape index (κ2) is 8.84. The van der Waals surface area contributed by atoms with Crippen molar-refractivity contribution in [3.63, 3.8) is 0 Å². The highest BCUT2D eigenvalue weighted by Crippen LogP contribution is 2.33. The number of nitro groups is 1. The normalized spacial score (nSPS) is 15.5. The lowest BCUT2D eigenvalue weighted by molar-refractivity contribution is -0.384. The predicted molar refractivity (Wildman–Crippen MR) is 124 cm³/mol. The summed E-state index contributed by atoms with van der Waals surface area (Å²) in [7, 11) is 1.33. The van der Waals surface area contributed by atoms with Gasteiger partial charge in [0.25, 0.3) is 11.2 Å². The Kier molecular flexibility index (Phi) is 5.69. The standard InChI is InChI=1S/C24H19F2N5O4/c1-35-20-5-4-14(12-18(20)25)30-23(19-3-2-7-27-19)29-22-16(13-6-8-28-21(26)9-13)10-15(31(33)34)11-17(22)24(30)32/h4-6,8-12,19,27H,2-3,7H2,1H3/t19-/m1/s1. The number of hydrogen-bond acceptors (Lipinski definition) is 7. The molecule has 0 unspecified atom stereocenters. The van der Waals surface area contributed by atoms with E-state index in [2.05, 4.69) is 10.3 Å². The van der Waals surface area contributed by atoms with Crippen LogP contribution >= 0.6 is 0 Å². The molecule has 0 spiro atoms. The molecule has 3 heterocycles. The van der Waals surface area contributed by atoms with Gasteiger partial charge in [-0.15, -0.1) is 0 Å². The summed E-state index contributed by atoms with van der Waals surface area (Å²) >= 11 is 0. The lowest BCUT2D eigenvalue weighted by Crippen LogP contribution is -2.29. The first-order valence-corrected chi connectivity index (χ1v) is 10.8. The van der Waals surface area contributed by atoms with Crippen LogP contribution in [-0.2, 0) is 0 Å². The highest BCUT2D eigenvalue weighted by molar-refractivity contribution is 5.95. The Morgan fingerprint density at radius 3 is 2.69 bits per heavy atom. The lowest BCUT2D eigenvalue weighted by Gasteiger charge is -2.19. The molecule has 0 aliphatic carbocycles. The Morgan fingerprint density at radius 2 is 2.03 bits per heavy atom. The van der Waals surface area contributed by atoms with Gasteiger partial charge in [0, 0.05) is 36.0 Å². The third kappa shape index (κ3) is 3.99. The van der Waals surface area contributed by atoms with E-state index >= 15 is 0 Å². The minimum absolute atomic E-state index is 0.00808. The van der Waals surface area contributed by atoms with Crippen molar-refractivity contribution in [2.75, 3.05) is 13.7 Å². The van der Waals surface area contributed by atoms with Gasteiger partial charge in [0.1, 0.15) is 5.82 Å². The molecule has 1 aliphatic rings. The Bertz CT molecular complexity index is 1530. The van der Waals surface area contributed by atoms with Crippen LogP contribution in [0.2, 0.25) is 0 Å². The first-order valence-electron chi connectivity index (χ1n) is 10.8. The summed E-state index contributed by atoms with van der Waals surface area (Å²) in [6.07, 6.45) is 2.76. The number of halogens is 2. The number of nitrogens with one attached hydrogen (secondary N) is 1. The molecular weight excluding hydrogens is 460 g/mol. The highest BCUT2D eigenvalue weighted by atomic mass is 19.1. The number of nitro benzene ring substituents is 1. The Hall–Kier alpha value is -4.25. The molecular formula is C24H19F2N5O4. The molecule has 1 atom stereocenters. The second-order valence-electron chi connectivity index (χ2n) is 8.09. The van der Waals surface area contributed by atoms with E-state index in [0.29, 0.717) is 18.8 Å². The number of non-ortho nitro benzene ring substituents is 1. The number of ether oxygens (including phenoxy) is 1. The number of nitrogens with zero attached hydrogens (tertiary/aromatic N) is 4. The molecule has 2 aromatic carbocycles. The molecule has 5 rings (SSSR count). The summed E-state index contributed by atoms with van der Waals surface area (Å²) in [6.45, 7) is 0.707. The van der Waals surface area contributed by atoms with E-state index in [9.17, 15) is 23.7 Å². The lowest BCUT2D eigenvalue weighted by atomic mass is 10.0. The summed E-state index contributed by atoms with van der Waals surface area (Å²) in [6, 6.07) is 8.76. The average Bonchev–Trinajstić information content (AvgIpc) is 3.38. The van der Waals surface area contributed by atoms with Crippen LogP contribution in [0, 0.1) is 21.9 Å². The molecule has 1 fully saturated rings. The van der Waals surface area contributed by atoms with E-state index in [1.807, 2.05) is 0 Å². The molecule has 0 bridgehead atoms. The second-order valence-corrected chi connectivity index (χ2v) is 8.09. The first-order chi connectivity index (χ1) is 16.9. The van der Waals surface area contributed by atoms with Gasteiger partial charge in [-0.2, -0.15) is 4.39 Å².